The van der Waals surface area contributed by atoms with Gasteiger partial charge < -0.3 is 10.4 Å². The van der Waals surface area contributed by atoms with Gasteiger partial charge in [0.05, 0.1) is 5.69 Å². The Morgan fingerprint density at radius 1 is 1.31 bits per heavy atom. The normalized spacial score (nSPS) is 22.2. The van der Waals surface area contributed by atoms with Gasteiger partial charge in [-0.15, -0.1) is 0 Å². The number of hydrogen-bond acceptors (Lipinski definition) is 2. The van der Waals surface area contributed by atoms with Crippen LogP contribution < -0.4 is 5.32 Å². The van der Waals surface area contributed by atoms with Gasteiger partial charge in [0.2, 0.25) is 0 Å². The van der Waals surface area contributed by atoms with E-state index in [0.717, 1.165) is 12.2 Å². The van der Waals surface area contributed by atoms with Crippen molar-refractivity contribution in [3.63, 3.8) is 0 Å². The first kappa shape index (κ1) is 7.25. The number of rotatable bonds is 0. The minimum absolute atomic E-state index is 0.369. The highest BCUT2D eigenvalue weighted by molar-refractivity contribution is 5.68. The fraction of sp³-hybridized carbons (Fsp3) is 0.455. The first-order chi connectivity index (χ1) is 6.32. The van der Waals surface area contributed by atoms with Crippen LogP contribution in [-0.2, 0) is 5.41 Å². The van der Waals surface area contributed by atoms with Crippen LogP contribution in [0.1, 0.15) is 24.8 Å². The molecule has 1 heterocycles. The highest BCUT2D eigenvalue weighted by atomic mass is 16.3. The van der Waals surface area contributed by atoms with Crippen molar-refractivity contribution in [2.45, 2.75) is 24.7 Å². The van der Waals surface area contributed by atoms with Gasteiger partial charge in [-0.25, -0.2) is 0 Å². The first-order valence-electron chi connectivity index (χ1n) is 4.88. The molecule has 0 bridgehead atoms. The highest BCUT2D eigenvalue weighted by Gasteiger charge is 2.44. The van der Waals surface area contributed by atoms with Crippen molar-refractivity contribution in [1.82, 2.24) is 0 Å². The number of phenolic OH excluding ortho intramolecular Hbond substituents is 1. The predicted molar refractivity (Wildman–Crippen MR) is 52.1 cm³/mol. The van der Waals surface area contributed by atoms with Gasteiger partial charge in [-0.1, -0.05) is 18.6 Å². The van der Waals surface area contributed by atoms with E-state index >= 15 is 0 Å². The van der Waals surface area contributed by atoms with E-state index in [9.17, 15) is 5.11 Å². The molecule has 68 valence electrons. The summed E-state index contributed by atoms with van der Waals surface area (Å²) in [7, 11) is 0. The van der Waals surface area contributed by atoms with Crippen molar-refractivity contribution in [2.75, 3.05) is 11.9 Å². The number of anilines is 1. The Bertz CT molecular complexity index is 355. The molecule has 2 N–H and O–H groups in total. The number of fused-ring (bicyclic) bond motifs is 2. The second-order valence-corrected chi connectivity index (χ2v) is 4.19. The Morgan fingerprint density at radius 2 is 2.15 bits per heavy atom. The third-order valence-corrected chi connectivity index (χ3v) is 3.53. The number of aromatic hydroxyl groups is 1. The molecule has 0 amide bonds. The first-order valence-corrected chi connectivity index (χ1v) is 4.88. The van der Waals surface area contributed by atoms with Crippen LogP contribution in [0.4, 0.5) is 5.69 Å². The Labute approximate surface area is 77.6 Å². The summed E-state index contributed by atoms with van der Waals surface area (Å²) in [5.41, 5.74) is 2.68. The average Bonchev–Trinajstić information content (AvgIpc) is 2.44. The van der Waals surface area contributed by atoms with Crippen molar-refractivity contribution >= 4 is 5.69 Å². The Balaban J connectivity index is 2.16. The van der Waals surface area contributed by atoms with Crippen molar-refractivity contribution in [1.29, 1.82) is 0 Å². The molecular formula is C11H13NO. The molecule has 1 aromatic rings. The topological polar surface area (TPSA) is 32.3 Å². The van der Waals surface area contributed by atoms with E-state index in [1.807, 2.05) is 6.07 Å². The Kier molecular flexibility index (Phi) is 1.22. The lowest BCUT2D eigenvalue weighted by Crippen LogP contribution is -2.35. The Morgan fingerprint density at radius 3 is 2.85 bits per heavy atom. The third-order valence-electron chi connectivity index (χ3n) is 3.53. The minimum Gasteiger partial charge on any atom is -0.506 e. The maximum Gasteiger partial charge on any atom is 0.138 e. The van der Waals surface area contributed by atoms with Crippen molar-refractivity contribution in [3.8, 4) is 5.75 Å². The second-order valence-electron chi connectivity index (χ2n) is 4.19. The van der Waals surface area contributed by atoms with Crippen LogP contribution in [0.2, 0.25) is 0 Å². The zero-order valence-corrected chi connectivity index (χ0v) is 7.51. The molecule has 13 heavy (non-hydrogen) atoms. The molecule has 2 aliphatic rings. The summed E-state index contributed by atoms with van der Waals surface area (Å²) >= 11 is 0. The van der Waals surface area contributed by atoms with E-state index in [1.165, 1.54) is 24.8 Å². The molecule has 0 saturated heterocycles. The van der Waals surface area contributed by atoms with Crippen LogP contribution in [0.25, 0.3) is 0 Å². The summed E-state index contributed by atoms with van der Waals surface area (Å²) < 4.78 is 0. The third kappa shape index (κ3) is 0.781. The van der Waals surface area contributed by atoms with E-state index in [0.29, 0.717) is 11.2 Å². The van der Waals surface area contributed by atoms with Gasteiger partial charge >= 0.3 is 0 Å². The van der Waals surface area contributed by atoms with Gasteiger partial charge in [0.15, 0.2) is 0 Å². The summed E-state index contributed by atoms with van der Waals surface area (Å²) in [6.07, 6.45) is 3.88. The maximum atomic E-state index is 9.62. The molecule has 1 spiro atoms. The molecule has 3 rings (SSSR count). The number of phenols is 1. The average molecular weight is 175 g/mol. The predicted octanol–water partition coefficient (Wildman–Crippen LogP) is 2.24. The number of benzene rings is 1. The molecule has 1 aromatic carbocycles. The van der Waals surface area contributed by atoms with Crippen LogP contribution in [0.3, 0.4) is 0 Å². The summed E-state index contributed by atoms with van der Waals surface area (Å²) in [4.78, 5) is 0. The molecule has 2 heteroatoms. The Hall–Kier alpha value is -1.18. The molecule has 1 aliphatic heterocycles. The number of nitrogens with one attached hydrogen (secondary N) is 1. The summed E-state index contributed by atoms with van der Waals surface area (Å²) in [6, 6.07) is 5.85. The van der Waals surface area contributed by atoms with Gasteiger partial charge in [0, 0.05) is 12.0 Å². The van der Waals surface area contributed by atoms with Gasteiger partial charge in [-0.05, 0) is 24.5 Å². The molecule has 0 aromatic heterocycles. The highest BCUT2D eigenvalue weighted by Crippen LogP contribution is 2.52. The largest absolute Gasteiger partial charge is 0.506 e. The molecule has 1 aliphatic carbocycles. The van der Waals surface area contributed by atoms with E-state index in [4.69, 9.17) is 0 Å². The monoisotopic (exact) mass is 175 g/mol. The molecule has 0 unspecified atom stereocenters. The van der Waals surface area contributed by atoms with Gasteiger partial charge in [-0.3, -0.25) is 0 Å². The van der Waals surface area contributed by atoms with E-state index in [2.05, 4.69) is 11.4 Å². The zero-order valence-electron chi connectivity index (χ0n) is 7.51. The lowest BCUT2D eigenvalue weighted by atomic mass is 9.66. The fourth-order valence-corrected chi connectivity index (χ4v) is 2.57. The minimum atomic E-state index is 0.369. The van der Waals surface area contributed by atoms with Crippen LogP contribution in [0.5, 0.6) is 5.75 Å². The second kappa shape index (κ2) is 2.19. The summed E-state index contributed by atoms with van der Waals surface area (Å²) in [5, 5.41) is 12.9. The fourth-order valence-electron chi connectivity index (χ4n) is 2.57. The quantitative estimate of drug-likeness (QED) is 0.593. The van der Waals surface area contributed by atoms with E-state index in [1.54, 1.807) is 6.07 Å². The van der Waals surface area contributed by atoms with Crippen molar-refractivity contribution < 1.29 is 5.11 Å². The molecule has 0 radical (unpaired) electrons. The van der Waals surface area contributed by atoms with Gasteiger partial charge in [0.1, 0.15) is 5.75 Å². The lowest BCUT2D eigenvalue weighted by molar-refractivity contribution is 0.272. The molecule has 1 saturated carbocycles. The number of para-hydroxylation sites is 1. The molecule has 1 fully saturated rings. The number of hydrogen-bond donors (Lipinski definition) is 2. The van der Waals surface area contributed by atoms with E-state index < -0.39 is 0 Å². The van der Waals surface area contributed by atoms with Crippen molar-refractivity contribution in [2.24, 2.45) is 0 Å². The van der Waals surface area contributed by atoms with Crippen LogP contribution in [0.15, 0.2) is 18.2 Å². The van der Waals surface area contributed by atoms with Crippen LogP contribution >= 0.6 is 0 Å². The molecular weight excluding hydrogens is 162 g/mol. The SMILES string of the molecule is Oc1cccc2c1NCC21CCC1. The standard InChI is InChI=1S/C11H13NO/c13-9-4-1-3-8-10(9)12-7-11(8)5-2-6-11/h1,3-4,12-13H,2,5-7H2. The van der Waals surface area contributed by atoms with Crippen LogP contribution in [-0.4, -0.2) is 11.7 Å². The van der Waals surface area contributed by atoms with Crippen molar-refractivity contribution in [3.05, 3.63) is 23.8 Å². The van der Waals surface area contributed by atoms with Gasteiger partial charge in [-0.2, -0.15) is 0 Å². The van der Waals surface area contributed by atoms with Crippen LogP contribution in [0, 0.1) is 0 Å². The molecule has 2 nitrogen and oxygen atoms in total. The maximum absolute atomic E-state index is 9.62. The van der Waals surface area contributed by atoms with E-state index in [-0.39, 0.29) is 0 Å². The smallest absolute Gasteiger partial charge is 0.138 e. The zero-order chi connectivity index (χ0) is 8.89. The summed E-state index contributed by atoms with van der Waals surface area (Å²) in [5.74, 6) is 0.404. The van der Waals surface area contributed by atoms with Gasteiger partial charge in [0.25, 0.3) is 0 Å². The molecule has 0 atom stereocenters. The summed E-state index contributed by atoms with van der Waals surface area (Å²) in [6.45, 7) is 1.01. The lowest BCUT2D eigenvalue weighted by Gasteiger charge is -2.38.